The van der Waals surface area contributed by atoms with Crippen molar-refractivity contribution >= 4 is 11.9 Å². The van der Waals surface area contributed by atoms with E-state index in [0.717, 1.165) is 4.68 Å². The molecule has 0 aliphatic heterocycles. The minimum atomic E-state index is -1.11. The summed E-state index contributed by atoms with van der Waals surface area (Å²) in [6.45, 7) is 0. The summed E-state index contributed by atoms with van der Waals surface area (Å²) < 4.78 is 1.05. The van der Waals surface area contributed by atoms with Gasteiger partial charge in [0.05, 0.1) is 0 Å². The highest BCUT2D eigenvalue weighted by Crippen LogP contribution is 1.97. The number of rotatable bonds is 4. The Kier molecular flexibility index (Phi) is 3.29. The van der Waals surface area contributed by atoms with Crippen LogP contribution in [0.3, 0.4) is 0 Å². The average Bonchev–Trinajstić information content (AvgIpc) is 2.66. The number of carbonyl (C=O) groups excluding carboxylic acids is 1. The van der Waals surface area contributed by atoms with Crippen LogP contribution in [0, 0.1) is 0 Å². The van der Waals surface area contributed by atoms with E-state index < -0.39 is 12.0 Å². The quantitative estimate of drug-likeness (QED) is 0.649. The van der Waals surface area contributed by atoms with E-state index in [1.807, 2.05) is 0 Å². The highest BCUT2D eigenvalue weighted by molar-refractivity contribution is 5.79. The van der Waals surface area contributed by atoms with Crippen LogP contribution in [0.15, 0.2) is 12.7 Å². The summed E-state index contributed by atoms with van der Waals surface area (Å²) in [4.78, 5) is 25.2. The molecule has 76 valence electrons. The van der Waals surface area contributed by atoms with Crippen molar-refractivity contribution in [1.29, 1.82) is 0 Å². The summed E-state index contributed by atoms with van der Waals surface area (Å²) in [6, 6.07) is -1.01. The number of aromatic nitrogens is 3. The highest BCUT2D eigenvalue weighted by Gasteiger charge is 2.14. The topological polar surface area (TPSA) is 111 Å². The van der Waals surface area contributed by atoms with Crippen LogP contribution in [0.1, 0.15) is 17.6 Å². The Balaban J connectivity index is 2.40. The van der Waals surface area contributed by atoms with Crippen molar-refractivity contribution in [2.75, 3.05) is 0 Å². The zero-order chi connectivity index (χ0) is 10.6. The minimum absolute atomic E-state index is 0.0385. The van der Waals surface area contributed by atoms with Gasteiger partial charge < -0.3 is 10.8 Å². The predicted octanol–water partition coefficient (Wildman–Crippen LogP) is -0.890. The minimum Gasteiger partial charge on any atom is -0.480 e. The van der Waals surface area contributed by atoms with E-state index in [-0.39, 0.29) is 18.7 Å². The number of nitrogens with two attached hydrogens (primary N) is 1. The Hall–Kier alpha value is -1.76. The molecule has 7 nitrogen and oxygen atoms in total. The highest BCUT2D eigenvalue weighted by atomic mass is 16.4. The lowest BCUT2D eigenvalue weighted by atomic mass is 10.1. The van der Waals surface area contributed by atoms with Crippen LogP contribution in [0.4, 0.5) is 0 Å². The lowest BCUT2D eigenvalue weighted by Crippen LogP contribution is -2.31. The fourth-order valence-corrected chi connectivity index (χ4v) is 0.854. The van der Waals surface area contributed by atoms with E-state index in [2.05, 4.69) is 10.1 Å². The third-order valence-electron chi connectivity index (χ3n) is 1.66. The number of hydrogen-bond donors (Lipinski definition) is 2. The van der Waals surface area contributed by atoms with Gasteiger partial charge in [-0.3, -0.25) is 9.59 Å². The summed E-state index contributed by atoms with van der Waals surface area (Å²) >= 11 is 0. The molecular weight excluding hydrogens is 188 g/mol. The first-order chi connectivity index (χ1) is 6.61. The summed E-state index contributed by atoms with van der Waals surface area (Å²) in [5.41, 5.74) is 5.22. The number of carboxylic acid groups (broad SMARTS) is 1. The van der Waals surface area contributed by atoms with E-state index >= 15 is 0 Å². The van der Waals surface area contributed by atoms with Gasteiger partial charge in [-0.25, -0.2) is 4.98 Å². The molecule has 0 saturated carbocycles. The summed E-state index contributed by atoms with van der Waals surface area (Å²) in [5.74, 6) is -1.43. The maximum atomic E-state index is 11.2. The molecule has 1 unspecified atom stereocenters. The molecule has 1 atom stereocenters. The fourth-order valence-electron chi connectivity index (χ4n) is 0.854. The van der Waals surface area contributed by atoms with Crippen molar-refractivity contribution in [3.63, 3.8) is 0 Å². The molecule has 0 bridgehead atoms. The Morgan fingerprint density at radius 2 is 2.29 bits per heavy atom. The normalized spacial score (nSPS) is 12.4. The average molecular weight is 198 g/mol. The predicted molar refractivity (Wildman–Crippen MR) is 45.5 cm³/mol. The van der Waals surface area contributed by atoms with Gasteiger partial charge in [0.15, 0.2) is 0 Å². The molecule has 0 spiro atoms. The molecule has 0 radical (unpaired) electrons. The largest absolute Gasteiger partial charge is 0.480 e. The van der Waals surface area contributed by atoms with Gasteiger partial charge in [0.2, 0.25) is 5.91 Å². The maximum Gasteiger partial charge on any atom is 0.320 e. The van der Waals surface area contributed by atoms with Gasteiger partial charge >= 0.3 is 5.97 Å². The molecule has 3 N–H and O–H groups in total. The standard InChI is InChI=1S/C7H10N4O3/c8-5(7(13)14)1-2-6(12)11-4-9-3-10-11/h3-5H,1-2,8H2,(H,13,14). The van der Waals surface area contributed by atoms with Crippen LogP contribution in [-0.4, -0.2) is 37.8 Å². The van der Waals surface area contributed by atoms with E-state index in [9.17, 15) is 9.59 Å². The second-order valence-corrected chi connectivity index (χ2v) is 2.72. The van der Waals surface area contributed by atoms with Gasteiger partial charge in [0.25, 0.3) is 0 Å². The van der Waals surface area contributed by atoms with E-state index in [4.69, 9.17) is 10.8 Å². The van der Waals surface area contributed by atoms with E-state index in [1.54, 1.807) is 0 Å². The third kappa shape index (κ3) is 2.63. The Bertz CT molecular complexity index is 322. The lowest BCUT2D eigenvalue weighted by molar-refractivity contribution is -0.138. The second-order valence-electron chi connectivity index (χ2n) is 2.72. The number of hydrogen-bond acceptors (Lipinski definition) is 5. The summed E-state index contributed by atoms with van der Waals surface area (Å²) in [6.07, 6.45) is 2.62. The van der Waals surface area contributed by atoms with E-state index in [0.29, 0.717) is 0 Å². The molecule has 0 fully saturated rings. The van der Waals surface area contributed by atoms with Crippen LogP contribution in [0.25, 0.3) is 0 Å². The zero-order valence-corrected chi connectivity index (χ0v) is 7.33. The molecule has 1 heterocycles. The molecule has 1 aromatic heterocycles. The molecule has 7 heteroatoms. The van der Waals surface area contributed by atoms with Crippen molar-refractivity contribution in [2.24, 2.45) is 5.73 Å². The van der Waals surface area contributed by atoms with Crippen LogP contribution in [-0.2, 0) is 4.79 Å². The van der Waals surface area contributed by atoms with Gasteiger partial charge in [-0.2, -0.15) is 9.78 Å². The maximum absolute atomic E-state index is 11.2. The smallest absolute Gasteiger partial charge is 0.320 e. The van der Waals surface area contributed by atoms with Crippen LogP contribution in [0.2, 0.25) is 0 Å². The number of carbonyl (C=O) groups is 2. The number of carboxylic acids is 1. The Morgan fingerprint density at radius 1 is 1.57 bits per heavy atom. The van der Waals surface area contributed by atoms with Gasteiger partial charge in [0.1, 0.15) is 18.7 Å². The molecule has 0 aliphatic rings. The third-order valence-corrected chi connectivity index (χ3v) is 1.66. The summed E-state index contributed by atoms with van der Waals surface area (Å²) in [7, 11) is 0. The molecule has 0 aromatic carbocycles. The first kappa shape index (κ1) is 10.3. The Labute approximate surface area is 79.5 Å². The van der Waals surface area contributed by atoms with Crippen LogP contribution < -0.4 is 5.73 Å². The molecule has 1 rings (SSSR count). The Morgan fingerprint density at radius 3 is 2.79 bits per heavy atom. The van der Waals surface area contributed by atoms with Crippen molar-refractivity contribution in [1.82, 2.24) is 14.8 Å². The number of nitrogens with zero attached hydrogens (tertiary/aromatic N) is 3. The molecule has 0 saturated heterocycles. The lowest BCUT2D eigenvalue weighted by Gasteiger charge is -2.04. The van der Waals surface area contributed by atoms with Crippen LogP contribution in [0.5, 0.6) is 0 Å². The van der Waals surface area contributed by atoms with Crippen molar-refractivity contribution in [3.8, 4) is 0 Å². The zero-order valence-electron chi connectivity index (χ0n) is 7.33. The first-order valence-corrected chi connectivity index (χ1v) is 3.97. The molecule has 0 aliphatic carbocycles. The molecule has 0 amide bonds. The first-order valence-electron chi connectivity index (χ1n) is 3.97. The monoisotopic (exact) mass is 198 g/mol. The van der Waals surface area contributed by atoms with Gasteiger partial charge in [-0.05, 0) is 6.42 Å². The van der Waals surface area contributed by atoms with Gasteiger partial charge in [-0.15, -0.1) is 0 Å². The van der Waals surface area contributed by atoms with Crippen molar-refractivity contribution in [2.45, 2.75) is 18.9 Å². The summed E-state index contributed by atoms with van der Waals surface area (Å²) in [5, 5.41) is 12.1. The van der Waals surface area contributed by atoms with Crippen molar-refractivity contribution < 1.29 is 14.7 Å². The van der Waals surface area contributed by atoms with Crippen LogP contribution >= 0.6 is 0 Å². The van der Waals surface area contributed by atoms with Gasteiger partial charge in [0, 0.05) is 6.42 Å². The van der Waals surface area contributed by atoms with E-state index in [1.165, 1.54) is 12.7 Å². The molecular formula is C7H10N4O3. The van der Waals surface area contributed by atoms with Crippen molar-refractivity contribution in [3.05, 3.63) is 12.7 Å². The number of aliphatic carboxylic acids is 1. The molecule has 14 heavy (non-hydrogen) atoms. The van der Waals surface area contributed by atoms with Gasteiger partial charge in [-0.1, -0.05) is 0 Å². The molecule has 1 aromatic rings. The fraction of sp³-hybridized carbons (Fsp3) is 0.429. The second kappa shape index (κ2) is 4.47. The SMILES string of the molecule is NC(CCC(=O)n1cncn1)C(=O)O.